The molecular weight excluding hydrogens is 407 g/mol. The predicted molar refractivity (Wildman–Crippen MR) is 78.9 cm³/mol. The predicted octanol–water partition coefficient (Wildman–Crippen LogP) is -0.503. The molecule has 0 saturated carbocycles. The number of hydrogen-bond acceptors (Lipinski definition) is 4. The van der Waals surface area contributed by atoms with E-state index in [1.54, 1.807) is 12.1 Å². The van der Waals surface area contributed by atoms with Crippen LogP contribution < -0.4 is 79.5 Å². The molecular formula is C14H14CsN3O2S. The quantitative estimate of drug-likeness (QED) is 0.655. The van der Waals surface area contributed by atoms with Crippen molar-refractivity contribution >= 4 is 17.0 Å². The van der Waals surface area contributed by atoms with Gasteiger partial charge in [-0.1, -0.05) is 42.1 Å². The minimum absolute atomic E-state index is 0. The molecule has 0 unspecified atom stereocenters. The van der Waals surface area contributed by atoms with Crippen LogP contribution in [0.25, 0.3) is 11.1 Å². The van der Waals surface area contributed by atoms with Crippen LogP contribution in [0, 0.1) is 12.3 Å². The van der Waals surface area contributed by atoms with Crippen molar-refractivity contribution in [3.63, 3.8) is 0 Å². The molecule has 0 radical (unpaired) electrons. The molecule has 1 heterocycles. The standard InChI is InChI=1S/C14H14N3O2S.Cs/c1-3-8-20-14(19)17-12(15)11(13(18)16-17)10-7-5-4-6-9(10)2;/h3-7H,1,8H2,2H3,(H2-,15,16,18);/q-1;+1. The zero-order valence-electron chi connectivity index (χ0n) is 12.0. The van der Waals surface area contributed by atoms with Crippen molar-refractivity contribution < 1.29 is 78.8 Å². The third kappa shape index (κ3) is 4.19. The number of hydrogen-bond donors (Lipinski definition) is 2. The molecule has 0 amide bonds. The van der Waals surface area contributed by atoms with Crippen molar-refractivity contribution in [1.29, 1.82) is 5.41 Å². The summed E-state index contributed by atoms with van der Waals surface area (Å²) in [4.78, 5) is 11.9. The van der Waals surface area contributed by atoms with Crippen molar-refractivity contribution in [1.82, 2.24) is 9.78 Å². The minimum atomic E-state index is -0.412. The zero-order chi connectivity index (χ0) is 14.7. The topological polar surface area (TPSA) is 80.2 Å². The molecule has 104 valence electrons. The fourth-order valence-electron chi connectivity index (χ4n) is 1.83. The van der Waals surface area contributed by atoms with Crippen LogP contribution >= 0.6 is 11.8 Å². The molecule has 0 atom stereocenters. The Morgan fingerprint density at radius 1 is 1.52 bits per heavy atom. The van der Waals surface area contributed by atoms with E-state index < -0.39 is 5.24 Å². The first-order valence-electron chi connectivity index (χ1n) is 5.94. The summed E-state index contributed by atoms with van der Waals surface area (Å²) >= 11 is 0.977. The maximum absolute atomic E-state index is 11.9. The van der Waals surface area contributed by atoms with Gasteiger partial charge in [-0.05, 0) is 18.1 Å². The second-order valence-corrected chi connectivity index (χ2v) is 5.11. The van der Waals surface area contributed by atoms with E-state index in [4.69, 9.17) is 5.41 Å². The number of aromatic hydroxyl groups is 1. The average molecular weight is 421 g/mol. The third-order valence-corrected chi connectivity index (χ3v) is 3.60. The van der Waals surface area contributed by atoms with Crippen LogP contribution in [-0.4, -0.2) is 20.8 Å². The number of thioether (sulfide) groups is 1. The molecule has 0 fully saturated rings. The van der Waals surface area contributed by atoms with Gasteiger partial charge in [0, 0.05) is 17.2 Å². The normalized spacial score (nSPS) is 9.95. The number of carbonyl (C=O) groups is 1. The summed E-state index contributed by atoms with van der Waals surface area (Å²) in [6.07, 6.45) is 1.60. The zero-order valence-corrected chi connectivity index (χ0v) is 19.1. The second-order valence-electron chi connectivity index (χ2n) is 4.14. The van der Waals surface area contributed by atoms with Crippen LogP contribution in [0.5, 0.6) is 5.88 Å². The Morgan fingerprint density at radius 2 is 2.19 bits per heavy atom. The number of benzene rings is 1. The van der Waals surface area contributed by atoms with Crippen LogP contribution in [0.3, 0.4) is 0 Å². The van der Waals surface area contributed by atoms with Crippen LogP contribution in [0.4, 0.5) is 4.79 Å². The van der Waals surface area contributed by atoms with E-state index in [2.05, 4.69) is 11.7 Å². The van der Waals surface area contributed by atoms with E-state index in [-0.39, 0.29) is 85.8 Å². The number of nitrogens with one attached hydrogen (secondary N) is 1. The summed E-state index contributed by atoms with van der Waals surface area (Å²) in [7, 11) is 0. The van der Waals surface area contributed by atoms with E-state index in [0.717, 1.165) is 22.0 Å². The first-order chi connectivity index (χ1) is 9.56. The van der Waals surface area contributed by atoms with Crippen molar-refractivity contribution in [2.24, 2.45) is 0 Å². The first kappa shape index (κ1) is 18.9. The Morgan fingerprint density at radius 3 is 2.81 bits per heavy atom. The van der Waals surface area contributed by atoms with Gasteiger partial charge < -0.3 is 14.9 Å². The molecule has 1 aromatic heterocycles. The van der Waals surface area contributed by atoms with Gasteiger partial charge in [-0.3, -0.25) is 10.2 Å². The van der Waals surface area contributed by atoms with Crippen molar-refractivity contribution in [2.45, 2.75) is 6.92 Å². The second kappa shape index (κ2) is 8.47. The number of carbonyl (C=O) groups excluding carboxylic acids is 1. The Kier molecular flexibility index (Phi) is 7.62. The molecule has 7 heteroatoms. The van der Waals surface area contributed by atoms with Crippen LogP contribution in [0.15, 0.2) is 36.9 Å². The Bertz CT molecular complexity index is 721. The summed E-state index contributed by atoms with van der Waals surface area (Å²) in [5, 5.41) is 21.3. The van der Waals surface area contributed by atoms with Gasteiger partial charge in [-0.2, -0.15) is 0 Å². The smallest absolute Gasteiger partial charge is 0.555 e. The summed E-state index contributed by atoms with van der Waals surface area (Å²) < 4.78 is 0.908. The SMILES string of the molecule is C=CCSC(=O)n1[n-]c(O)c(-c2ccccc2C)c1=N.[Cs+]. The number of rotatable bonds is 3. The van der Waals surface area contributed by atoms with Gasteiger partial charge >= 0.3 is 68.9 Å². The molecule has 2 rings (SSSR count). The van der Waals surface area contributed by atoms with Gasteiger partial charge in [0.1, 0.15) is 5.49 Å². The van der Waals surface area contributed by atoms with Gasteiger partial charge in [-0.15, -0.1) is 6.58 Å². The van der Waals surface area contributed by atoms with Gasteiger partial charge in [0.2, 0.25) is 0 Å². The maximum Gasteiger partial charge on any atom is 1.00 e. The molecule has 5 nitrogen and oxygen atoms in total. The average Bonchev–Trinajstić information content (AvgIpc) is 2.72. The number of aryl methyl sites for hydroxylation is 1. The molecule has 0 bridgehead atoms. The van der Waals surface area contributed by atoms with Crippen LogP contribution in [0.2, 0.25) is 0 Å². The Hall–Kier alpha value is -0.158. The van der Waals surface area contributed by atoms with Crippen LogP contribution in [0.1, 0.15) is 5.56 Å². The van der Waals surface area contributed by atoms with Crippen molar-refractivity contribution in [3.8, 4) is 17.0 Å². The van der Waals surface area contributed by atoms with Gasteiger partial charge in [0.15, 0.2) is 0 Å². The monoisotopic (exact) mass is 421 g/mol. The van der Waals surface area contributed by atoms with Gasteiger partial charge in [0.05, 0.1) is 0 Å². The molecule has 0 spiro atoms. The van der Waals surface area contributed by atoms with E-state index in [1.807, 2.05) is 25.1 Å². The fourth-order valence-corrected chi connectivity index (χ4v) is 2.35. The molecule has 21 heavy (non-hydrogen) atoms. The Labute approximate surface area is 185 Å². The van der Waals surface area contributed by atoms with Crippen molar-refractivity contribution in [2.75, 3.05) is 5.75 Å². The molecule has 0 aliphatic rings. The summed E-state index contributed by atoms with van der Waals surface area (Å²) in [6.45, 7) is 5.41. The van der Waals surface area contributed by atoms with Crippen LogP contribution in [-0.2, 0) is 0 Å². The minimum Gasteiger partial charge on any atom is -0.555 e. The number of nitrogens with zero attached hydrogens (tertiary/aromatic N) is 2. The molecule has 1 aromatic carbocycles. The van der Waals surface area contributed by atoms with E-state index in [1.165, 1.54) is 0 Å². The molecule has 2 aromatic rings. The molecule has 0 saturated heterocycles. The summed E-state index contributed by atoms with van der Waals surface area (Å²) in [5.74, 6) is 0.121. The Balaban J connectivity index is 0.00000220. The molecule has 0 aliphatic carbocycles. The molecule has 0 aliphatic heterocycles. The number of aromatic nitrogens is 2. The largest absolute Gasteiger partial charge is 1.00 e. The first-order valence-corrected chi connectivity index (χ1v) is 6.92. The van der Waals surface area contributed by atoms with Gasteiger partial charge in [0.25, 0.3) is 5.24 Å². The maximum atomic E-state index is 11.9. The fraction of sp³-hybridized carbons (Fsp3) is 0.143. The molecule has 2 N–H and O–H groups in total. The van der Waals surface area contributed by atoms with Gasteiger partial charge in [-0.25, -0.2) is 0 Å². The third-order valence-electron chi connectivity index (χ3n) is 2.78. The van der Waals surface area contributed by atoms with E-state index in [0.29, 0.717) is 11.3 Å². The summed E-state index contributed by atoms with van der Waals surface area (Å²) in [5.41, 5.74) is 1.76. The van der Waals surface area contributed by atoms with E-state index >= 15 is 0 Å². The van der Waals surface area contributed by atoms with Crippen molar-refractivity contribution in [3.05, 3.63) is 48.0 Å². The van der Waals surface area contributed by atoms with E-state index in [9.17, 15) is 9.90 Å². The summed E-state index contributed by atoms with van der Waals surface area (Å²) in [6, 6.07) is 7.34.